The van der Waals surface area contributed by atoms with Crippen LogP contribution in [0.25, 0.3) is 0 Å². The molecule has 0 unspecified atom stereocenters. The van der Waals surface area contributed by atoms with E-state index in [-0.39, 0.29) is 0 Å². The summed E-state index contributed by atoms with van der Waals surface area (Å²) in [5.41, 5.74) is 1.20. The molecule has 0 bridgehead atoms. The molecule has 0 saturated heterocycles. The molecule has 0 N–H and O–H groups in total. The van der Waals surface area contributed by atoms with Crippen LogP contribution >= 0.6 is 15.9 Å². The van der Waals surface area contributed by atoms with E-state index >= 15 is 0 Å². The van der Waals surface area contributed by atoms with Gasteiger partial charge in [0, 0.05) is 26.0 Å². The normalized spacial score (nSPS) is 10.7. The summed E-state index contributed by atoms with van der Waals surface area (Å²) in [4.78, 5) is 8.50. The maximum absolute atomic E-state index is 4.05. The third-order valence-electron chi connectivity index (χ3n) is 2.26. The van der Waals surface area contributed by atoms with Gasteiger partial charge in [-0.2, -0.15) is 0 Å². The van der Waals surface area contributed by atoms with Gasteiger partial charge in [0.25, 0.3) is 0 Å². The summed E-state index contributed by atoms with van der Waals surface area (Å²) in [7, 11) is 6.31. The molecule has 1 rings (SSSR count). The molecule has 0 aliphatic carbocycles. The second-order valence-electron chi connectivity index (χ2n) is 3.91. The number of hydrogen-bond acceptors (Lipinski definition) is 3. The van der Waals surface area contributed by atoms with Crippen LogP contribution in [-0.4, -0.2) is 44.1 Å². The van der Waals surface area contributed by atoms with Crippen molar-refractivity contribution in [2.75, 3.05) is 39.1 Å². The van der Waals surface area contributed by atoms with Crippen molar-refractivity contribution in [2.45, 2.75) is 6.42 Å². The lowest BCUT2D eigenvalue weighted by Crippen LogP contribution is -2.23. The quantitative estimate of drug-likeness (QED) is 0.819. The van der Waals surface area contributed by atoms with Crippen LogP contribution in [0.3, 0.4) is 0 Å². The topological polar surface area (TPSA) is 19.4 Å². The summed E-state index contributed by atoms with van der Waals surface area (Å²) in [6.07, 6.45) is 4.82. The molecule has 84 valence electrons. The molecule has 0 atom stereocenters. The Hall–Kier alpha value is -0.610. The van der Waals surface area contributed by atoms with E-state index in [9.17, 15) is 0 Å². The first-order valence-electron chi connectivity index (χ1n) is 5.06. The largest absolute Gasteiger partial charge is 0.374 e. The van der Waals surface area contributed by atoms with Crippen molar-refractivity contribution in [2.24, 2.45) is 0 Å². The van der Waals surface area contributed by atoms with E-state index in [4.69, 9.17) is 0 Å². The molecule has 3 nitrogen and oxygen atoms in total. The lowest BCUT2D eigenvalue weighted by molar-refractivity contribution is 0.401. The Balaban J connectivity index is 2.47. The molecule has 0 fully saturated rings. The van der Waals surface area contributed by atoms with Gasteiger partial charge >= 0.3 is 0 Å². The Morgan fingerprint density at radius 1 is 1.27 bits per heavy atom. The number of aromatic nitrogens is 1. The van der Waals surface area contributed by atoms with Gasteiger partial charge in [0.1, 0.15) is 0 Å². The van der Waals surface area contributed by atoms with E-state index in [1.807, 2.05) is 18.5 Å². The van der Waals surface area contributed by atoms with Gasteiger partial charge in [0.2, 0.25) is 0 Å². The van der Waals surface area contributed by atoms with E-state index in [0.29, 0.717) is 0 Å². The minimum absolute atomic E-state index is 1.05. The van der Waals surface area contributed by atoms with Gasteiger partial charge < -0.3 is 9.80 Å². The van der Waals surface area contributed by atoms with Crippen LogP contribution in [0, 0.1) is 0 Å². The van der Waals surface area contributed by atoms with Crippen molar-refractivity contribution in [1.29, 1.82) is 0 Å². The number of nitrogens with zero attached hydrogens (tertiary/aromatic N) is 3. The van der Waals surface area contributed by atoms with Crippen LogP contribution in [-0.2, 0) is 0 Å². The summed E-state index contributed by atoms with van der Waals surface area (Å²) in [5, 5.41) is 0. The number of hydrogen-bond donors (Lipinski definition) is 0. The van der Waals surface area contributed by atoms with Crippen molar-refractivity contribution in [3.63, 3.8) is 0 Å². The molecule has 0 aliphatic heterocycles. The first-order chi connectivity index (χ1) is 7.11. The molecule has 0 saturated carbocycles. The highest BCUT2D eigenvalue weighted by Crippen LogP contribution is 2.23. The first-order valence-corrected chi connectivity index (χ1v) is 5.86. The maximum atomic E-state index is 4.05. The monoisotopic (exact) mass is 271 g/mol. The van der Waals surface area contributed by atoms with Gasteiger partial charge in [-0.1, -0.05) is 0 Å². The predicted octanol–water partition coefficient (Wildman–Crippen LogP) is 2.23. The smallest absolute Gasteiger partial charge is 0.0592 e. The summed E-state index contributed by atoms with van der Waals surface area (Å²) in [6, 6.07) is 2.03. The van der Waals surface area contributed by atoms with Gasteiger partial charge in [-0.15, -0.1) is 0 Å². The number of pyridine rings is 1. The number of halogens is 1. The molecule has 15 heavy (non-hydrogen) atoms. The van der Waals surface area contributed by atoms with Gasteiger partial charge in [0.05, 0.1) is 10.2 Å². The molecule has 0 spiro atoms. The fraction of sp³-hybridized carbons (Fsp3) is 0.545. The van der Waals surface area contributed by atoms with Gasteiger partial charge in [-0.25, -0.2) is 0 Å². The Morgan fingerprint density at radius 2 is 2.00 bits per heavy atom. The highest BCUT2D eigenvalue weighted by Gasteiger charge is 2.04. The van der Waals surface area contributed by atoms with Crippen molar-refractivity contribution in [3.8, 4) is 0 Å². The van der Waals surface area contributed by atoms with E-state index in [0.717, 1.165) is 24.0 Å². The Kier molecular flexibility index (Phi) is 5.05. The lowest BCUT2D eigenvalue weighted by atomic mass is 10.3. The second kappa shape index (κ2) is 6.08. The standard InChI is InChI=1S/C11H18BrN3/c1-14(2)7-4-8-15(3)11-5-6-13-9-10(11)12/h5-6,9H,4,7-8H2,1-3H3. The summed E-state index contributed by atoms with van der Waals surface area (Å²) >= 11 is 3.50. The second-order valence-corrected chi connectivity index (χ2v) is 4.76. The average molecular weight is 272 g/mol. The summed E-state index contributed by atoms with van der Waals surface area (Å²) in [6.45, 7) is 2.17. The molecule has 0 radical (unpaired) electrons. The van der Waals surface area contributed by atoms with Crippen LogP contribution < -0.4 is 4.90 Å². The van der Waals surface area contributed by atoms with E-state index in [2.05, 4.69) is 51.9 Å². The highest BCUT2D eigenvalue weighted by molar-refractivity contribution is 9.10. The van der Waals surface area contributed by atoms with Crippen LogP contribution in [0.4, 0.5) is 5.69 Å². The Bertz CT molecular complexity index is 302. The molecule has 0 aliphatic rings. The van der Waals surface area contributed by atoms with Crippen LogP contribution in [0.5, 0.6) is 0 Å². The zero-order valence-corrected chi connectivity index (χ0v) is 11.2. The zero-order valence-electron chi connectivity index (χ0n) is 9.57. The van der Waals surface area contributed by atoms with Gasteiger partial charge in [-0.05, 0) is 49.1 Å². The molecule has 0 aromatic carbocycles. The molecule has 4 heteroatoms. The van der Waals surface area contributed by atoms with E-state index in [1.54, 1.807) is 0 Å². The Labute approximate surface area is 100 Å². The molecule has 1 heterocycles. The average Bonchev–Trinajstić information content (AvgIpc) is 2.17. The van der Waals surface area contributed by atoms with Gasteiger partial charge in [-0.3, -0.25) is 4.98 Å². The van der Waals surface area contributed by atoms with E-state index in [1.165, 1.54) is 5.69 Å². The van der Waals surface area contributed by atoms with Crippen molar-refractivity contribution >= 4 is 21.6 Å². The number of rotatable bonds is 5. The van der Waals surface area contributed by atoms with Crippen molar-refractivity contribution < 1.29 is 0 Å². The third kappa shape index (κ3) is 4.18. The van der Waals surface area contributed by atoms with Crippen LogP contribution in [0.15, 0.2) is 22.9 Å². The van der Waals surface area contributed by atoms with Crippen molar-refractivity contribution in [1.82, 2.24) is 9.88 Å². The molecule has 1 aromatic rings. The van der Waals surface area contributed by atoms with Crippen LogP contribution in [0.1, 0.15) is 6.42 Å². The minimum Gasteiger partial charge on any atom is -0.374 e. The fourth-order valence-electron chi connectivity index (χ4n) is 1.42. The van der Waals surface area contributed by atoms with Crippen LogP contribution in [0.2, 0.25) is 0 Å². The van der Waals surface area contributed by atoms with Crippen molar-refractivity contribution in [3.05, 3.63) is 22.9 Å². The Morgan fingerprint density at radius 3 is 2.60 bits per heavy atom. The maximum Gasteiger partial charge on any atom is 0.0592 e. The van der Waals surface area contributed by atoms with Gasteiger partial charge in [0.15, 0.2) is 0 Å². The molecular weight excluding hydrogens is 254 g/mol. The zero-order chi connectivity index (χ0) is 11.3. The highest BCUT2D eigenvalue weighted by atomic mass is 79.9. The minimum atomic E-state index is 1.05. The predicted molar refractivity (Wildman–Crippen MR) is 68.4 cm³/mol. The summed E-state index contributed by atoms with van der Waals surface area (Å²) in [5.74, 6) is 0. The fourth-order valence-corrected chi connectivity index (χ4v) is 1.98. The number of anilines is 1. The summed E-state index contributed by atoms with van der Waals surface area (Å²) < 4.78 is 1.05. The third-order valence-corrected chi connectivity index (χ3v) is 2.87. The molecule has 1 aromatic heterocycles. The molecule has 0 amide bonds. The molecular formula is C11H18BrN3. The van der Waals surface area contributed by atoms with E-state index < -0.39 is 0 Å². The SMILES string of the molecule is CN(C)CCCN(C)c1ccncc1Br. The lowest BCUT2D eigenvalue weighted by Gasteiger charge is -2.21. The first kappa shape index (κ1) is 12.5.